The van der Waals surface area contributed by atoms with Crippen molar-refractivity contribution >= 4 is 64.0 Å². The van der Waals surface area contributed by atoms with Crippen LogP contribution in [0.5, 0.6) is 5.75 Å². The number of nitrogens with zero attached hydrogens (tertiary/aromatic N) is 3. The molecule has 3 rings (SSSR count). The molecule has 0 saturated heterocycles. The Morgan fingerprint density at radius 3 is 2.16 bits per heavy atom. The van der Waals surface area contributed by atoms with E-state index in [1.165, 1.54) is 25.1 Å². The minimum Gasteiger partial charge on any atom is -0.505 e. The predicted octanol–water partition coefficient (Wildman–Crippen LogP) is 2.30. The molecule has 3 aromatic rings. The summed E-state index contributed by atoms with van der Waals surface area (Å²) in [6.07, 6.45) is 0. The lowest BCUT2D eigenvalue weighted by molar-refractivity contribution is -0.114. The number of azo groups is 1. The number of carbonyl (C=O) groups is 1. The minimum atomic E-state index is -5.15. The van der Waals surface area contributed by atoms with Crippen molar-refractivity contribution in [2.24, 2.45) is 16.1 Å². The zero-order valence-electron chi connectivity index (χ0n) is 19.6. The molecule has 3 aromatic carbocycles. The normalized spacial score (nSPS) is 12.9. The number of amides is 1. The second-order valence-electron chi connectivity index (χ2n) is 7.65. The van der Waals surface area contributed by atoms with E-state index in [4.69, 9.17) is 5.84 Å². The highest BCUT2D eigenvalue weighted by Gasteiger charge is 2.27. The van der Waals surface area contributed by atoms with Gasteiger partial charge in [0.25, 0.3) is 30.3 Å². The predicted molar refractivity (Wildman–Crippen MR) is 134 cm³/mol. The summed E-state index contributed by atoms with van der Waals surface area (Å²) in [4.78, 5) is 9.51. The van der Waals surface area contributed by atoms with Crippen molar-refractivity contribution in [1.29, 1.82) is 0 Å². The van der Waals surface area contributed by atoms with Crippen LogP contribution in [0.15, 0.2) is 67.4 Å². The molecule has 18 heteroatoms. The number of hydrazine groups is 1. The fourth-order valence-electron chi connectivity index (χ4n) is 3.35. The van der Waals surface area contributed by atoms with Crippen molar-refractivity contribution in [1.82, 2.24) is 4.41 Å². The molecule has 0 aromatic heterocycles. The summed E-state index contributed by atoms with van der Waals surface area (Å²) < 4.78 is 92.9. The Balaban J connectivity index is 2.39. The number of phenols is 1. The molecule has 204 valence electrons. The van der Waals surface area contributed by atoms with E-state index < -0.39 is 62.3 Å². The molecular weight excluding hydrogens is 566 g/mol. The number of hydrogen-bond acceptors (Lipinski definition) is 11. The van der Waals surface area contributed by atoms with Crippen LogP contribution in [0.3, 0.4) is 0 Å². The minimum absolute atomic E-state index is 0.0936. The lowest BCUT2D eigenvalue weighted by Gasteiger charge is -2.15. The van der Waals surface area contributed by atoms with Crippen molar-refractivity contribution < 1.29 is 44.3 Å². The maximum absolute atomic E-state index is 12.7. The van der Waals surface area contributed by atoms with Crippen LogP contribution in [0.4, 0.5) is 17.1 Å². The highest BCUT2D eigenvalue weighted by molar-refractivity contribution is 7.89. The first kappa shape index (κ1) is 29.0. The summed E-state index contributed by atoms with van der Waals surface area (Å²) in [6.45, 7) is 2.45. The second kappa shape index (κ2) is 10.3. The number of hydrogen-bond donors (Lipinski definition) is 5. The highest BCUT2D eigenvalue weighted by atomic mass is 32.2. The zero-order valence-corrected chi connectivity index (χ0v) is 22.0. The van der Waals surface area contributed by atoms with Gasteiger partial charge in [-0.3, -0.25) is 19.7 Å². The summed E-state index contributed by atoms with van der Waals surface area (Å²) >= 11 is 0. The van der Waals surface area contributed by atoms with Crippen molar-refractivity contribution in [3.8, 4) is 5.75 Å². The van der Waals surface area contributed by atoms with Crippen molar-refractivity contribution in [2.45, 2.75) is 28.5 Å². The zero-order chi connectivity index (χ0) is 28.6. The molecule has 0 aliphatic rings. The van der Waals surface area contributed by atoms with Crippen LogP contribution < -0.4 is 11.2 Å². The Labute approximate surface area is 217 Å². The van der Waals surface area contributed by atoms with Gasteiger partial charge in [0.2, 0.25) is 5.91 Å². The quantitative estimate of drug-likeness (QED) is 0.111. The molecule has 15 nitrogen and oxygen atoms in total. The van der Waals surface area contributed by atoms with Crippen LogP contribution in [0.1, 0.15) is 13.8 Å². The van der Waals surface area contributed by atoms with Crippen molar-refractivity contribution in [3.63, 3.8) is 0 Å². The molecule has 0 aliphatic heterocycles. The van der Waals surface area contributed by atoms with Crippen LogP contribution in [0, 0.1) is 0 Å². The lowest BCUT2D eigenvalue weighted by Crippen LogP contribution is -2.37. The van der Waals surface area contributed by atoms with E-state index in [1.807, 2.05) is 0 Å². The van der Waals surface area contributed by atoms with Crippen LogP contribution in [0.25, 0.3) is 10.8 Å². The number of benzene rings is 3. The first-order valence-corrected chi connectivity index (χ1v) is 14.6. The summed E-state index contributed by atoms with van der Waals surface area (Å²) in [5, 5.41) is 20.0. The number of sulfonamides is 1. The SMILES string of the molecule is CCN(N)S(=O)(=O)c1ccccc1N=Nc1c(S(=O)(=O)O)cc2cc(S(=O)(=O)O)cc(NC(C)=O)c2c1O. The highest BCUT2D eigenvalue weighted by Crippen LogP contribution is 2.45. The maximum atomic E-state index is 12.7. The molecule has 0 heterocycles. The van der Waals surface area contributed by atoms with Gasteiger partial charge in [0, 0.05) is 18.9 Å². The largest absolute Gasteiger partial charge is 0.505 e. The van der Waals surface area contributed by atoms with Gasteiger partial charge in [0.15, 0.2) is 5.75 Å². The molecular formula is C20H21N5O10S3. The van der Waals surface area contributed by atoms with Gasteiger partial charge in [0.05, 0.1) is 10.6 Å². The van der Waals surface area contributed by atoms with Gasteiger partial charge in [-0.15, -0.1) is 14.6 Å². The molecule has 0 radical (unpaired) electrons. The maximum Gasteiger partial charge on any atom is 0.296 e. The molecule has 0 spiro atoms. The van der Waals surface area contributed by atoms with E-state index in [2.05, 4.69) is 15.5 Å². The van der Waals surface area contributed by atoms with Gasteiger partial charge >= 0.3 is 0 Å². The average Bonchev–Trinajstić information content (AvgIpc) is 2.80. The lowest BCUT2D eigenvalue weighted by atomic mass is 10.1. The molecule has 38 heavy (non-hydrogen) atoms. The van der Waals surface area contributed by atoms with E-state index in [0.717, 1.165) is 31.2 Å². The first-order valence-electron chi connectivity index (χ1n) is 10.3. The Bertz CT molecular complexity index is 1800. The standard InChI is InChI=1S/C20H21N5O10S3/c1-3-25(21)36(28,29)16-7-5-4-6-14(16)23-24-19-17(38(33,34)35)9-12-8-13(37(30,31)32)10-15(22-11(2)26)18(12)20(19)27/h4-10,27H,3,21H2,1-2H3,(H,22,26)(H,30,31,32)(H,33,34,35). The number of carbonyl (C=O) groups excluding carboxylic acids is 1. The van der Waals surface area contributed by atoms with Gasteiger partial charge in [-0.1, -0.05) is 12.1 Å². The van der Waals surface area contributed by atoms with E-state index in [1.54, 1.807) is 0 Å². The van der Waals surface area contributed by atoms with Crippen molar-refractivity contribution in [2.75, 3.05) is 11.9 Å². The summed E-state index contributed by atoms with van der Waals surface area (Å²) in [5.41, 5.74) is -1.53. The monoisotopic (exact) mass is 587 g/mol. The smallest absolute Gasteiger partial charge is 0.296 e. The van der Waals surface area contributed by atoms with Gasteiger partial charge in [-0.25, -0.2) is 8.42 Å². The van der Waals surface area contributed by atoms with Gasteiger partial charge in [0.1, 0.15) is 21.2 Å². The first-order chi connectivity index (χ1) is 17.5. The fraction of sp³-hybridized carbons (Fsp3) is 0.150. The Hall–Kier alpha value is -3.52. The Morgan fingerprint density at radius 1 is 0.974 bits per heavy atom. The fourth-order valence-corrected chi connectivity index (χ4v) is 5.76. The molecule has 6 N–H and O–H groups in total. The number of anilines is 1. The number of nitrogens with two attached hydrogens (primary N) is 1. The van der Waals surface area contributed by atoms with Gasteiger partial charge in [-0.05, 0) is 42.6 Å². The van der Waals surface area contributed by atoms with E-state index in [-0.39, 0.29) is 28.7 Å². The van der Waals surface area contributed by atoms with Crippen LogP contribution in [-0.2, 0) is 35.1 Å². The number of phenolic OH excluding ortho intramolecular Hbond substituents is 1. The summed E-state index contributed by atoms with van der Waals surface area (Å²) in [5.74, 6) is 3.86. The Kier molecular flexibility index (Phi) is 7.89. The summed E-state index contributed by atoms with van der Waals surface area (Å²) in [6, 6.07) is 7.46. The van der Waals surface area contributed by atoms with Crippen LogP contribution >= 0.6 is 0 Å². The van der Waals surface area contributed by atoms with E-state index >= 15 is 0 Å². The van der Waals surface area contributed by atoms with Gasteiger partial charge < -0.3 is 10.4 Å². The third-order valence-corrected chi connectivity index (χ3v) is 8.51. The molecule has 1 amide bonds. The number of nitrogens with one attached hydrogen (secondary N) is 1. The number of rotatable bonds is 8. The van der Waals surface area contributed by atoms with Crippen LogP contribution in [-0.4, -0.2) is 56.3 Å². The molecule has 0 unspecified atom stereocenters. The van der Waals surface area contributed by atoms with E-state index in [0.29, 0.717) is 4.41 Å². The molecule has 0 saturated carbocycles. The van der Waals surface area contributed by atoms with Crippen molar-refractivity contribution in [3.05, 3.63) is 42.5 Å². The number of aromatic hydroxyl groups is 1. The Morgan fingerprint density at radius 2 is 1.61 bits per heavy atom. The average molecular weight is 588 g/mol. The topological polar surface area (TPSA) is 246 Å². The van der Waals surface area contributed by atoms with Crippen LogP contribution in [0.2, 0.25) is 0 Å². The molecule has 0 atom stereocenters. The molecule has 0 aliphatic carbocycles. The van der Waals surface area contributed by atoms with Gasteiger partial charge in [-0.2, -0.15) is 16.8 Å². The molecule has 0 fully saturated rings. The summed E-state index contributed by atoms with van der Waals surface area (Å²) in [7, 11) is -14.3. The third kappa shape index (κ3) is 5.80. The third-order valence-electron chi connectivity index (χ3n) is 5.03. The molecule has 0 bridgehead atoms. The number of fused-ring (bicyclic) bond motifs is 1. The second-order valence-corrected chi connectivity index (χ2v) is 12.3. The van der Waals surface area contributed by atoms with E-state index in [9.17, 15) is 44.3 Å².